The van der Waals surface area contributed by atoms with Crippen LogP contribution in [0, 0.1) is 0 Å². The van der Waals surface area contributed by atoms with Crippen molar-refractivity contribution in [1.82, 2.24) is 4.90 Å². The minimum atomic E-state index is -3.69. The molecule has 19 heavy (non-hydrogen) atoms. The lowest BCUT2D eigenvalue weighted by molar-refractivity contribution is -0.133. The van der Waals surface area contributed by atoms with Crippen LogP contribution in [0.5, 0.6) is 0 Å². The standard InChI is InChI=1S/C12H16ClNO3S2/c1-12(2)6-3-7-14(12)10(15)8-9-4-5-11(18-9)19(13,16)17/h4-5H,3,6-8H2,1-2H3. The molecular formula is C12H16ClNO3S2. The zero-order chi connectivity index (χ0) is 14.3. The number of nitrogens with zero attached hydrogens (tertiary/aromatic N) is 1. The van der Waals surface area contributed by atoms with Crippen LogP contribution in [0.3, 0.4) is 0 Å². The molecule has 4 nitrogen and oxygen atoms in total. The van der Waals surface area contributed by atoms with Gasteiger partial charge >= 0.3 is 0 Å². The molecule has 0 aromatic carbocycles. The van der Waals surface area contributed by atoms with E-state index >= 15 is 0 Å². The summed E-state index contributed by atoms with van der Waals surface area (Å²) in [6.07, 6.45) is 2.26. The molecule has 2 heterocycles. The molecule has 2 rings (SSSR count). The SMILES string of the molecule is CC1(C)CCCN1C(=O)Cc1ccc(S(=O)(=O)Cl)s1. The average molecular weight is 322 g/mol. The molecule has 0 saturated carbocycles. The first-order valence-electron chi connectivity index (χ1n) is 6.04. The van der Waals surface area contributed by atoms with E-state index in [1.54, 1.807) is 6.07 Å². The van der Waals surface area contributed by atoms with Gasteiger partial charge in [-0.3, -0.25) is 4.79 Å². The highest BCUT2D eigenvalue weighted by molar-refractivity contribution is 8.15. The zero-order valence-corrected chi connectivity index (χ0v) is 13.2. The Morgan fingerprint density at radius 3 is 2.63 bits per heavy atom. The maximum Gasteiger partial charge on any atom is 0.270 e. The summed E-state index contributed by atoms with van der Waals surface area (Å²) in [5.41, 5.74) is -0.101. The summed E-state index contributed by atoms with van der Waals surface area (Å²) in [7, 11) is 1.57. The van der Waals surface area contributed by atoms with E-state index < -0.39 is 9.05 Å². The van der Waals surface area contributed by atoms with E-state index in [0.717, 1.165) is 35.6 Å². The number of thiophene rings is 1. The Bertz CT molecular complexity index is 592. The van der Waals surface area contributed by atoms with Crippen molar-refractivity contribution in [2.75, 3.05) is 6.54 Å². The fourth-order valence-electron chi connectivity index (χ4n) is 2.40. The Hall–Kier alpha value is -0.590. The first-order chi connectivity index (χ1) is 8.70. The van der Waals surface area contributed by atoms with Crippen molar-refractivity contribution in [3.8, 4) is 0 Å². The van der Waals surface area contributed by atoms with E-state index in [1.807, 2.05) is 4.90 Å². The molecule has 7 heteroatoms. The van der Waals surface area contributed by atoms with E-state index in [0.29, 0.717) is 0 Å². The molecule has 0 atom stereocenters. The maximum absolute atomic E-state index is 12.2. The second-order valence-electron chi connectivity index (χ2n) is 5.30. The molecule has 0 radical (unpaired) electrons. The molecule has 0 unspecified atom stereocenters. The van der Waals surface area contributed by atoms with Crippen LogP contribution in [0.1, 0.15) is 31.6 Å². The summed E-state index contributed by atoms with van der Waals surface area (Å²) in [6.45, 7) is 4.89. The van der Waals surface area contributed by atoms with Gasteiger partial charge in [0, 0.05) is 27.6 Å². The number of rotatable bonds is 3. The van der Waals surface area contributed by atoms with Gasteiger partial charge in [0.15, 0.2) is 0 Å². The topological polar surface area (TPSA) is 54.5 Å². The van der Waals surface area contributed by atoms with Crippen molar-refractivity contribution in [3.05, 3.63) is 17.0 Å². The number of halogens is 1. The minimum Gasteiger partial charge on any atom is -0.337 e. The van der Waals surface area contributed by atoms with Gasteiger partial charge in [0.1, 0.15) is 4.21 Å². The van der Waals surface area contributed by atoms with Crippen LogP contribution >= 0.6 is 22.0 Å². The first kappa shape index (κ1) is 14.8. The Balaban J connectivity index is 2.10. The van der Waals surface area contributed by atoms with Crippen LogP contribution in [0.25, 0.3) is 0 Å². The molecule has 1 aliphatic rings. The molecule has 1 aliphatic heterocycles. The van der Waals surface area contributed by atoms with E-state index in [4.69, 9.17) is 10.7 Å². The summed E-state index contributed by atoms with van der Waals surface area (Å²) in [5.74, 6) is 0.0443. The van der Waals surface area contributed by atoms with Crippen LogP contribution in [0.2, 0.25) is 0 Å². The third-order valence-electron chi connectivity index (χ3n) is 3.40. The lowest BCUT2D eigenvalue weighted by Crippen LogP contribution is -2.43. The summed E-state index contributed by atoms with van der Waals surface area (Å²) in [4.78, 5) is 14.8. The van der Waals surface area contributed by atoms with Gasteiger partial charge in [0.25, 0.3) is 9.05 Å². The van der Waals surface area contributed by atoms with E-state index in [2.05, 4.69) is 13.8 Å². The van der Waals surface area contributed by atoms with Gasteiger partial charge < -0.3 is 4.90 Å². The molecule has 1 fully saturated rings. The van der Waals surface area contributed by atoms with Crippen LogP contribution in [-0.2, 0) is 20.3 Å². The van der Waals surface area contributed by atoms with Crippen LogP contribution in [0.15, 0.2) is 16.3 Å². The van der Waals surface area contributed by atoms with Crippen molar-refractivity contribution in [2.45, 2.75) is 42.9 Å². The average Bonchev–Trinajstić information content (AvgIpc) is 2.83. The number of hydrogen-bond acceptors (Lipinski definition) is 4. The molecule has 0 bridgehead atoms. The molecule has 1 saturated heterocycles. The molecule has 0 aliphatic carbocycles. The fraction of sp³-hybridized carbons (Fsp3) is 0.583. The molecule has 0 N–H and O–H groups in total. The van der Waals surface area contributed by atoms with Gasteiger partial charge in [-0.25, -0.2) is 8.42 Å². The zero-order valence-electron chi connectivity index (χ0n) is 10.8. The Morgan fingerprint density at radius 1 is 1.47 bits per heavy atom. The fourth-order valence-corrected chi connectivity index (χ4v) is 4.51. The normalized spacial score (nSPS) is 18.8. The number of carbonyl (C=O) groups excluding carboxylic acids is 1. The summed E-state index contributed by atoms with van der Waals surface area (Å²) < 4.78 is 22.4. The Kier molecular flexibility index (Phi) is 3.95. The number of amides is 1. The molecular weight excluding hydrogens is 306 g/mol. The summed E-state index contributed by atoms with van der Waals surface area (Å²) in [6, 6.07) is 3.10. The first-order valence-corrected chi connectivity index (χ1v) is 9.16. The summed E-state index contributed by atoms with van der Waals surface area (Å²) >= 11 is 1.06. The highest BCUT2D eigenvalue weighted by Crippen LogP contribution is 2.30. The summed E-state index contributed by atoms with van der Waals surface area (Å²) in [5, 5.41) is 0. The Morgan fingerprint density at radius 2 is 2.16 bits per heavy atom. The van der Waals surface area contributed by atoms with Gasteiger partial charge in [-0.15, -0.1) is 11.3 Å². The van der Waals surface area contributed by atoms with Crippen molar-refractivity contribution in [2.24, 2.45) is 0 Å². The van der Waals surface area contributed by atoms with Crippen LogP contribution in [0.4, 0.5) is 0 Å². The lowest BCUT2D eigenvalue weighted by atomic mass is 10.0. The van der Waals surface area contributed by atoms with Crippen molar-refractivity contribution < 1.29 is 13.2 Å². The number of hydrogen-bond donors (Lipinski definition) is 0. The second kappa shape index (κ2) is 5.07. The lowest BCUT2D eigenvalue weighted by Gasteiger charge is -2.31. The van der Waals surface area contributed by atoms with Crippen LogP contribution < -0.4 is 0 Å². The predicted molar refractivity (Wildman–Crippen MR) is 76.1 cm³/mol. The maximum atomic E-state index is 12.2. The monoisotopic (exact) mass is 321 g/mol. The molecule has 1 amide bonds. The third-order valence-corrected chi connectivity index (χ3v) is 6.58. The van der Waals surface area contributed by atoms with E-state index in [-0.39, 0.29) is 22.1 Å². The van der Waals surface area contributed by atoms with Gasteiger partial charge in [-0.2, -0.15) is 0 Å². The largest absolute Gasteiger partial charge is 0.337 e. The Labute approximate surface area is 121 Å². The van der Waals surface area contributed by atoms with Gasteiger partial charge in [-0.05, 0) is 38.8 Å². The second-order valence-corrected chi connectivity index (χ2v) is 9.26. The molecule has 1 aromatic heterocycles. The molecule has 0 spiro atoms. The van der Waals surface area contributed by atoms with Crippen LogP contribution in [-0.4, -0.2) is 31.3 Å². The number of likely N-dealkylation sites (tertiary alicyclic amines) is 1. The minimum absolute atomic E-state index is 0.0443. The van der Waals surface area contributed by atoms with E-state index in [1.165, 1.54) is 6.07 Å². The third kappa shape index (κ3) is 3.30. The highest BCUT2D eigenvalue weighted by atomic mass is 35.7. The van der Waals surface area contributed by atoms with Gasteiger partial charge in [0.05, 0.1) is 6.42 Å². The predicted octanol–water partition coefficient (Wildman–Crippen LogP) is 2.62. The van der Waals surface area contributed by atoms with Crippen molar-refractivity contribution >= 4 is 37.0 Å². The van der Waals surface area contributed by atoms with Crippen molar-refractivity contribution in [3.63, 3.8) is 0 Å². The quantitative estimate of drug-likeness (QED) is 0.804. The molecule has 106 valence electrons. The van der Waals surface area contributed by atoms with E-state index in [9.17, 15) is 13.2 Å². The van der Waals surface area contributed by atoms with Gasteiger partial charge in [-0.1, -0.05) is 0 Å². The van der Waals surface area contributed by atoms with Crippen molar-refractivity contribution in [1.29, 1.82) is 0 Å². The van der Waals surface area contributed by atoms with Gasteiger partial charge in [0.2, 0.25) is 5.91 Å². The molecule has 1 aromatic rings. The highest BCUT2D eigenvalue weighted by Gasteiger charge is 2.35. The smallest absolute Gasteiger partial charge is 0.270 e. The number of carbonyl (C=O) groups is 1.